The van der Waals surface area contributed by atoms with Gasteiger partial charge in [-0.3, -0.25) is 5.32 Å². The molecule has 1 unspecified atom stereocenters. The smallest absolute Gasteiger partial charge is 0.141 e. The number of rotatable bonds is 1. The third-order valence-electron chi connectivity index (χ3n) is 2.09. The summed E-state index contributed by atoms with van der Waals surface area (Å²) in [6, 6.07) is 5.91. The maximum absolute atomic E-state index is 10.6. The van der Waals surface area contributed by atoms with Crippen LogP contribution in [0.2, 0.25) is 0 Å². The van der Waals surface area contributed by atoms with Crippen molar-refractivity contribution in [1.82, 2.24) is 5.32 Å². The molecule has 1 N–H and O–H groups in total. The van der Waals surface area contributed by atoms with Crippen LogP contribution in [0.15, 0.2) is 22.7 Å². The van der Waals surface area contributed by atoms with E-state index in [9.17, 15) is 4.79 Å². The van der Waals surface area contributed by atoms with E-state index in [1.54, 1.807) is 0 Å². The van der Waals surface area contributed by atoms with E-state index in [1.807, 2.05) is 18.2 Å². The molecule has 0 spiro atoms. The zero-order chi connectivity index (χ0) is 8.55. The van der Waals surface area contributed by atoms with Gasteiger partial charge in [0.15, 0.2) is 0 Å². The van der Waals surface area contributed by atoms with Crippen molar-refractivity contribution >= 4 is 22.2 Å². The number of nitrogens with one attached hydrogen (secondary N) is 1. The fourth-order valence-corrected chi connectivity index (χ4v) is 1.85. The molecule has 0 saturated carbocycles. The Labute approximate surface area is 79.1 Å². The van der Waals surface area contributed by atoms with E-state index < -0.39 is 0 Å². The average molecular weight is 226 g/mol. The van der Waals surface area contributed by atoms with Gasteiger partial charge in [0, 0.05) is 11.0 Å². The molecule has 0 saturated heterocycles. The monoisotopic (exact) mass is 225 g/mol. The molecular weight excluding hydrogens is 218 g/mol. The number of carbonyl (C=O) groups excluding carboxylic acids is 1. The van der Waals surface area contributed by atoms with Crippen LogP contribution in [0, 0.1) is 0 Å². The highest BCUT2D eigenvalue weighted by atomic mass is 79.9. The van der Waals surface area contributed by atoms with Gasteiger partial charge >= 0.3 is 0 Å². The number of aldehydes is 1. The lowest BCUT2D eigenvalue weighted by Crippen LogP contribution is -2.12. The summed E-state index contributed by atoms with van der Waals surface area (Å²) < 4.78 is 1.02. The van der Waals surface area contributed by atoms with Gasteiger partial charge in [0.25, 0.3) is 0 Å². The van der Waals surface area contributed by atoms with Crippen LogP contribution in [0.25, 0.3) is 0 Å². The summed E-state index contributed by atoms with van der Waals surface area (Å²) in [5, 5.41) is 3.11. The van der Waals surface area contributed by atoms with E-state index in [0.717, 1.165) is 22.9 Å². The topological polar surface area (TPSA) is 29.1 Å². The Morgan fingerprint density at radius 1 is 1.58 bits per heavy atom. The first kappa shape index (κ1) is 7.95. The standard InChI is InChI=1S/C9H8BrNO/c10-7-2-1-6-4-11-9(5-12)8(6)3-7/h1-3,5,9,11H,4H2. The van der Waals surface area contributed by atoms with Crippen LogP contribution in [0.4, 0.5) is 0 Å². The van der Waals surface area contributed by atoms with Crippen LogP contribution in [0.3, 0.4) is 0 Å². The highest BCUT2D eigenvalue weighted by Gasteiger charge is 2.20. The molecule has 0 fully saturated rings. The van der Waals surface area contributed by atoms with Crippen molar-refractivity contribution in [3.8, 4) is 0 Å². The molecule has 1 atom stereocenters. The largest absolute Gasteiger partial charge is 0.301 e. The normalized spacial score (nSPS) is 20.6. The fraction of sp³-hybridized carbons (Fsp3) is 0.222. The minimum absolute atomic E-state index is 0.113. The van der Waals surface area contributed by atoms with Gasteiger partial charge in [0.1, 0.15) is 6.29 Å². The average Bonchev–Trinajstić information content (AvgIpc) is 2.46. The Bertz CT molecular complexity index is 324. The summed E-state index contributed by atoms with van der Waals surface area (Å²) >= 11 is 3.38. The first-order valence-corrected chi connectivity index (χ1v) is 4.57. The maximum atomic E-state index is 10.6. The van der Waals surface area contributed by atoms with Crippen molar-refractivity contribution in [3.05, 3.63) is 33.8 Å². The Morgan fingerprint density at radius 3 is 3.17 bits per heavy atom. The Kier molecular flexibility index (Phi) is 1.98. The maximum Gasteiger partial charge on any atom is 0.141 e. The van der Waals surface area contributed by atoms with E-state index in [-0.39, 0.29) is 6.04 Å². The Morgan fingerprint density at radius 2 is 2.42 bits per heavy atom. The minimum Gasteiger partial charge on any atom is -0.301 e. The van der Waals surface area contributed by atoms with E-state index in [4.69, 9.17) is 0 Å². The minimum atomic E-state index is -0.113. The molecule has 1 aromatic rings. The number of halogens is 1. The Balaban J connectivity index is 2.49. The molecule has 0 amide bonds. The van der Waals surface area contributed by atoms with E-state index in [2.05, 4.69) is 21.2 Å². The SMILES string of the molecule is O=CC1NCc2ccc(Br)cc21. The second-order valence-electron chi connectivity index (χ2n) is 2.84. The second kappa shape index (κ2) is 2.99. The molecule has 0 aliphatic carbocycles. The molecule has 1 aromatic carbocycles. The summed E-state index contributed by atoms with van der Waals surface area (Å²) in [6.07, 6.45) is 0.943. The molecule has 0 radical (unpaired) electrons. The van der Waals surface area contributed by atoms with Gasteiger partial charge in [-0.1, -0.05) is 22.0 Å². The summed E-state index contributed by atoms with van der Waals surface area (Å²) in [5.41, 5.74) is 2.31. The number of hydrogen-bond donors (Lipinski definition) is 1. The summed E-state index contributed by atoms with van der Waals surface area (Å²) in [7, 11) is 0. The lowest BCUT2D eigenvalue weighted by molar-refractivity contribution is -0.109. The van der Waals surface area contributed by atoms with Crippen molar-refractivity contribution in [1.29, 1.82) is 0 Å². The molecule has 1 heterocycles. The molecule has 1 aliphatic heterocycles. The van der Waals surface area contributed by atoms with Crippen LogP contribution in [-0.4, -0.2) is 6.29 Å². The lowest BCUT2D eigenvalue weighted by atomic mass is 10.1. The first-order valence-electron chi connectivity index (χ1n) is 3.78. The van der Waals surface area contributed by atoms with E-state index in [1.165, 1.54) is 5.56 Å². The number of hydrogen-bond acceptors (Lipinski definition) is 2. The molecule has 3 heteroatoms. The molecular formula is C9H8BrNO. The highest BCUT2D eigenvalue weighted by molar-refractivity contribution is 9.10. The predicted molar refractivity (Wildman–Crippen MR) is 49.8 cm³/mol. The first-order chi connectivity index (χ1) is 5.81. The third kappa shape index (κ3) is 1.19. The molecule has 2 rings (SSSR count). The van der Waals surface area contributed by atoms with E-state index in [0.29, 0.717) is 0 Å². The van der Waals surface area contributed by atoms with Gasteiger partial charge in [-0.15, -0.1) is 0 Å². The molecule has 0 bridgehead atoms. The van der Waals surface area contributed by atoms with Crippen molar-refractivity contribution in [3.63, 3.8) is 0 Å². The number of fused-ring (bicyclic) bond motifs is 1. The third-order valence-corrected chi connectivity index (χ3v) is 2.58. The van der Waals surface area contributed by atoms with Crippen molar-refractivity contribution < 1.29 is 4.79 Å². The quantitative estimate of drug-likeness (QED) is 0.739. The summed E-state index contributed by atoms with van der Waals surface area (Å²) in [6.45, 7) is 0.798. The van der Waals surface area contributed by atoms with Gasteiger partial charge in [0.05, 0.1) is 6.04 Å². The van der Waals surface area contributed by atoms with Gasteiger partial charge in [-0.05, 0) is 23.3 Å². The molecule has 1 aliphatic rings. The van der Waals surface area contributed by atoms with Gasteiger partial charge < -0.3 is 4.79 Å². The highest BCUT2D eigenvalue weighted by Crippen LogP contribution is 2.26. The number of carbonyl (C=O) groups is 1. The van der Waals surface area contributed by atoms with Gasteiger partial charge in [0.2, 0.25) is 0 Å². The van der Waals surface area contributed by atoms with Crippen molar-refractivity contribution in [2.45, 2.75) is 12.6 Å². The molecule has 12 heavy (non-hydrogen) atoms. The fourth-order valence-electron chi connectivity index (χ4n) is 1.47. The lowest BCUT2D eigenvalue weighted by Gasteiger charge is -2.02. The van der Waals surface area contributed by atoms with Crippen LogP contribution < -0.4 is 5.32 Å². The Hall–Kier alpha value is -0.670. The van der Waals surface area contributed by atoms with Crippen molar-refractivity contribution in [2.24, 2.45) is 0 Å². The second-order valence-corrected chi connectivity index (χ2v) is 3.75. The zero-order valence-electron chi connectivity index (χ0n) is 6.38. The van der Waals surface area contributed by atoms with Gasteiger partial charge in [-0.25, -0.2) is 0 Å². The summed E-state index contributed by atoms with van der Waals surface area (Å²) in [5.74, 6) is 0. The van der Waals surface area contributed by atoms with Gasteiger partial charge in [-0.2, -0.15) is 0 Å². The van der Waals surface area contributed by atoms with Crippen LogP contribution in [0.5, 0.6) is 0 Å². The number of benzene rings is 1. The van der Waals surface area contributed by atoms with Crippen LogP contribution in [-0.2, 0) is 11.3 Å². The predicted octanol–water partition coefficient (Wildman–Crippen LogP) is 1.79. The summed E-state index contributed by atoms with van der Waals surface area (Å²) in [4.78, 5) is 10.6. The molecule has 0 aromatic heterocycles. The van der Waals surface area contributed by atoms with Crippen LogP contribution in [0.1, 0.15) is 17.2 Å². The zero-order valence-corrected chi connectivity index (χ0v) is 7.97. The molecule has 2 nitrogen and oxygen atoms in total. The molecule has 62 valence electrons. The van der Waals surface area contributed by atoms with Crippen molar-refractivity contribution in [2.75, 3.05) is 0 Å². The van der Waals surface area contributed by atoms with E-state index >= 15 is 0 Å². The van der Waals surface area contributed by atoms with Crippen LogP contribution >= 0.6 is 15.9 Å².